The molecule has 8 heteroatoms. The van der Waals surface area contributed by atoms with Crippen molar-refractivity contribution in [2.75, 3.05) is 5.75 Å². The van der Waals surface area contributed by atoms with E-state index in [-0.39, 0.29) is 17.2 Å². The zero-order valence-electron chi connectivity index (χ0n) is 15.0. The molecular weight excluding hydrogens is 410 g/mol. The molecular formula is C20H17N3O2S3. The SMILES string of the molecule is Cn1c(SCC(=O)NCc2ccccc2)nc2scc(-c3cccs3)c2c1=O. The van der Waals surface area contributed by atoms with Gasteiger partial charge in [0, 0.05) is 29.4 Å². The fraction of sp³-hybridized carbons (Fsp3) is 0.150. The van der Waals surface area contributed by atoms with Crippen LogP contribution in [0.4, 0.5) is 0 Å². The molecule has 28 heavy (non-hydrogen) atoms. The quantitative estimate of drug-likeness (QED) is 0.371. The number of aromatic nitrogens is 2. The van der Waals surface area contributed by atoms with Gasteiger partial charge in [-0.1, -0.05) is 48.2 Å². The number of hydrogen-bond acceptors (Lipinski definition) is 6. The van der Waals surface area contributed by atoms with Gasteiger partial charge >= 0.3 is 0 Å². The lowest BCUT2D eigenvalue weighted by Gasteiger charge is -2.08. The van der Waals surface area contributed by atoms with Gasteiger partial charge in [-0.05, 0) is 17.0 Å². The topological polar surface area (TPSA) is 64.0 Å². The van der Waals surface area contributed by atoms with Crippen molar-refractivity contribution >= 4 is 50.6 Å². The Labute approximate surface area is 174 Å². The molecule has 0 radical (unpaired) electrons. The van der Waals surface area contributed by atoms with E-state index in [1.165, 1.54) is 27.7 Å². The van der Waals surface area contributed by atoms with Crippen molar-refractivity contribution in [1.29, 1.82) is 0 Å². The van der Waals surface area contributed by atoms with Gasteiger partial charge in [-0.3, -0.25) is 14.2 Å². The minimum atomic E-state index is -0.0892. The van der Waals surface area contributed by atoms with Gasteiger partial charge in [0.25, 0.3) is 5.56 Å². The molecule has 0 aliphatic rings. The van der Waals surface area contributed by atoms with Crippen LogP contribution in [0.15, 0.2) is 63.2 Å². The Hall–Kier alpha value is -2.42. The Morgan fingerprint density at radius 3 is 2.75 bits per heavy atom. The summed E-state index contributed by atoms with van der Waals surface area (Å²) in [5, 5.41) is 8.06. The van der Waals surface area contributed by atoms with Crippen LogP contribution < -0.4 is 10.9 Å². The summed E-state index contributed by atoms with van der Waals surface area (Å²) in [6.45, 7) is 0.487. The summed E-state index contributed by atoms with van der Waals surface area (Å²) in [6.07, 6.45) is 0. The standard InChI is InChI=1S/C20H17N3O2S3/c1-23-19(25)17-14(15-8-5-9-26-15)11-27-18(17)22-20(23)28-12-16(24)21-10-13-6-3-2-4-7-13/h2-9,11H,10,12H2,1H3,(H,21,24). The summed E-state index contributed by atoms with van der Waals surface area (Å²) in [4.78, 5) is 31.5. The number of fused-ring (bicyclic) bond motifs is 1. The highest BCUT2D eigenvalue weighted by Gasteiger charge is 2.16. The monoisotopic (exact) mass is 427 g/mol. The third-order valence-corrected chi connectivity index (χ3v) is 7.03. The highest BCUT2D eigenvalue weighted by atomic mass is 32.2. The van der Waals surface area contributed by atoms with E-state index in [1.54, 1.807) is 18.4 Å². The van der Waals surface area contributed by atoms with Crippen molar-refractivity contribution in [2.24, 2.45) is 7.05 Å². The maximum Gasteiger partial charge on any atom is 0.263 e. The molecule has 0 aliphatic heterocycles. The second-order valence-electron chi connectivity index (χ2n) is 6.12. The Balaban J connectivity index is 1.49. The average molecular weight is 428 g/mol. The molecule has 1 aromatic carbocycles. The van der Waals surface area contributed by atoms with Crippen molar-refractivity contribution in [1.82, 2.24) is 14.9 Å². The number of rotatable bonds is 6. The Bertz CT molecular complexity index is 1160. The van der Waals surface area contributed by atoms with Crippen LogP contribution in [-0.4, -0.2) is 21.2 Å². The molecule has 0 unspecified atom stereocenters. The predicted molar refractivity (Wildman–Crippen MR) is 117 cm³/mol. The minimum Gasteiger partial charge on any atom is -0.351 e. The first-order valence-corrected chi connectivity index (χ1v) is 11.3. The van der Waals surface area contributed by atoms with Gasteiger partial charge in [-0.15, -0.1) is 22.7 Å². The average Bonchev–Trinajstić information content (AvgIpc) is 3.38. The van der Waals surface area contributed by atoms with Crippen molar-refractivity contribution in [2.45, 2.75) is 11.7 Å². The van der Waals surface area contributed by atoms with Crippen LogP contribution >= 0.6 is 34.4 Å². The van der Waals surface area contributed by atoms with Gasteiger partial charge < -0.3 is 5.32 Å². The fourth-order valence-corrected chi connectivity index (χ4v) is 5.38. The molecule has 0 saturated carbocycles. The lowest BCUT2D eigenvalue weighted by Crippen LogP contribution is -2.25. The molecule has 1 amide bonds. The fourth-order valence-electron chi connectivity index (χ4n) is 2.77. The lowest BCUT2D eigenvalue weighted by molar-refractivity contribution is -0.118. The number of thiophene rings is 2. The number of carbonyl (C=O) groups excluding carboxylic acids is 1. The third kappa shape index (κ3) is 3.89. The van der Waals surface area contributed by atoms with Crippen molar-refractivity contribution < 1.29 is 4.79 Å². The first kappa shape index (κ1) is 18.9. The number of thioether (sulfide) groups is 1. The van der Waals surface area contributed by atoms with Crippen molar-refractivity contribution in [3.05, 3.63) is 69.1 Å². The molecule has 0 spiro atoms. The predicted octanol–water partition coefficient (Wildman–Crippen LogP) is 4.13. The van der Waals surface area contributed by atoms with Gasteiger partial charge in [0.1, 0.15) is 4.83 Å². The number of amides is 1. The molecule has 0 bridgehead atoms. The zero-order valence-corrected chi connectivity index (χ0v) is 17.5. The van der Waals surface area contributed by atoms with Crippen LogP contribution in [-0.2, 0) is 18.4 Å². The number of nitrogens with one attached hydrogen (secondary N) is 1. The summed E-state index contributed by atoms with van der Waals surface area (Å²) in [5.41, 5.74) is 1.90. The normalized spacial score (nSPS) is 11.0. The van der Waals surface area contributed by atoms with E-state index in [0.29, 0.717) is 21.9 Å². The first-order chi connectivity index (χ1) is 13.6. The first-order valence-electron chi connectivity index (χ1n) is 8.59. The highest BCUT2D eigenvalue weighted by molar-refractivity contribution is 7.99. The van der Waals surface area contributed by atoms with E-state index in [4.69, 9.17) is 0 Å². The van der Waals surface area contributed by atoms with E-state index >= 15 is 0 Å². The van der Waals surface area contributed by atoms with Crippen molar-refractivity contribution in [3.8, 4) is 10.4 Å². The smallest absolute Gasteiger partial charge is 0.263 e. The minimum absolute atomic E-state index is 0.0816. The maximum absolute atomic E-state index is 12.9. The molecule has 0 fully saturated rings. The van der Waals surface area contributed by atoms with E-state index in [9.17, 15) is 9.59 Å². The highest BCUT2D eigenvalue weighted by Crippen LogP contribution is 2.34. The number of carbonyl (C=O) groups is 1. The summed E-state index contributed by atoms with van der Waals surface area (Å²) >= 11 is 4.34. The Morgan fingerprint density at radius 2 is 2.00 bits per heavy atom. The summed E-state index contributed by atoms with van der Waals surface area (Å²) < 4.78 is 1.53. The molecule has 0 saturated heterocycles. The maximum atomic E-state index is 12.9. The van der Waals surface area contributed by atoms with E-state index in [0.717, 1.165) is 16.0 Å². The molecule has 0 atom stereocenters. The molecule has 5 nitrogen and oxygen atoms in total. The van der Waals surface area contributed by atoms with E-state index in [1.807, 2.05) is 53.2 Å². The molecule has 142 valence electrons. The molecule has 0 aliphatic carbocycles. The van der Waals surface area contributed by atoms with Crippen LogP contribution in [0, 0.1) is 0 Å². The third-order valence-electron chi connectivity index (χ3n) is 4.23. The second kappa shape index (κ2) is 8.30. The van der Waals surface area contributed by atoms with Crippen LogP contribution in [0.25, 0.3) is 20.7 Å². The molecule has 1 N–H and O–H groups in total. The van der Waals surface area contributed by atoms with Crippen molar-refractivity contribution in [3.63, 3.8) is 0 Å². The van der Waals surface area contributed by atoms with Gasteiger partial charge in [0.05, 0.1) is 11.1 Å². The van der Waals surface area contributed by atoms with Crippen LogP contribution in [0.1, 0.15) is 5.56 Å². The summed E-state index contributed by atoms with van der Waals surface area (Å²) in [7, 11) is 1.70. The summed E-state index contributed by atoms with van der Waals surface area (Å²) in [5.74, 6) is 0.121. The Morgan fingerprint density at radius 1 is 1.18 bits per heavy atom. The van der Waals surface area contributed by atoms with Gasteiger partial charge in [0.15, 0.2) is 5.16 Å². The van der Waals surface area contributed by atoms with Gasteiger partial charge in [0.2, 0.25) is 5.91 Å². The zero-order chi connectivity index (χ0) is 19.5. The number of nitrogens with zero attached hydrogens (tertiary/aromatic N) is 2. The molecule has 4 aromatic rings. The largest absolute Gasteiger partial charge is 0.351 e. The molecule has 3 heterocycles. The number of hydrogen-bond donors (Lipinski definition) is 1. The van der Waals surface area contributed by atoms with Crippen LogP contribution in [0.2, 0.25) is 0 Å². The lowest BCUT2D eigenvalue weighted by atomic mass is 10.2. The van der Waals surface area contributed by atoms with Gasteiger partial charge in [-0.25, -0.2) is 4.98 Å². The van der Waals surface area contributed by atoms with Crippen LogP contribution in [0.5, 0.6) is 0 Å². The number of benzene rings is 1. The van der Waals surface area contributed by atoms with E-state index < -0.39 is 0 Å². The summed E-state index contributed by atoms with van der Waals surface area (Å²) in [6, 6.07) is 13.7. The van der Waals surface area contributed by atoms with Gasteiger partial charge in [-0.2, -0.15) is 0 Å². The van der Waals surface area contributed by atoms with Crippen LogP contribution in [0.3, 0.4) is 0 Å². The van der Waals surface area contributed by atoms with E-state index in [2.05, 4.69) is 10.3 Å². The Kier molecular flexibility index (Phi) is 5.61. The second-order valence-corrected chi connectivity index (χ2v) is 8.86. The molecule has 4 rings (SSSR count). The molecule has 3 aromatic heterocycles.